The van der Waals surface area contributed by atoms with Crippen LogP contribution in [-0.2, 0) is 10.0 Å². The smallest absolute Gasteiger partial charge is 0.265 e. The van der Waals surface area contributed by atoms with E-state index in [4.69, 9.17) is 14.0 Å². The van der Waals surface area contributed by atoms with Crippen LogP contribution in [0, 0.1) is 13.8 Å². The van der Waals surface area contributed by atoms with Gasteiger partial charge in [0.1, 0.15) is 9.37 Å². The summed E-state index contributed by atoms with van der Waals surface area (Å²) in [5, 5.41) is 5.46. The zero-order chi connectivity index (χ0) is 19.9. The second-order valence-corrected chi connectivity index (χ2v) is 9.45. The lowest BCUT2D eigenvalue weighted by atomic mass is 10.1. The minimum absolute atomic E-state index is 0.0465. The van der Waals surface area contributed by atoms with Gasteiger partial charge in [0.05, 0.1) is 5.69 Å². The molecular formula is C18H15BrN2O5S2. The number of ether oxygens (including phenoxy) is 2. The van der Waals surface area contributed by atoms with Crippen LogP contribution in [0.2, 0.25) is 0 Å². The number of fused-ring (bicyclic) bond motifs is 1. The summed E-state index contributed by atoms with van der Waals surface area (Å²) < 4.78 is 44.3. The van der Waals surface area contributed by atoms with Gasteiger partial charge in [-0.2, -0.15) is 0 Å². The zero-order valence-corrected chi connectivity index (χ0v) is 18.1. The number of hydrogen-bond donors (Lipinski definition) is 1. The highest BCUT2D eigenvalue weighted by Gasteiger charge is 2.23. The van der Waals surface area contributed by atoms with E-state index in [2.05, 4.69) is 25.8 Å². The largest absolute Gasteiger partial charge is 0.454 e. The molecule has 0 amide bonds. The lowest BCUT2D eigenvalue weighted by molar-refractivity contribution is 0.174. The summed E-state index contributed by atoms with van der Waals surface area (Å²) in [6.45, 7) is 3.87. The van der Waals surface area contributed by atoms with Gasteiger partial charge in [-0.25, -0.2) is 13.1 Å². The Morgan fingerprint density at radius 2 is 1.96 bits per heavy atom. The number of hydrogen-bond acceptors (Lipinski definition) is 7. The topological polar surface area (TPSA) is 90.7 Å². The summed E-state index contributed by atoms with van der Waals surface area (Å²) in [5.74, 6) is 1.44. The molecule has 0 spiro atoms. The predicted molar refractivity (Wildman–Crippen MR) is 110 cm³/mol. The van der Waals surface area contributed by atoms with Crippen molar-refractivity contribution in [3.63, 3.8) is 0 Å². The van der Waals surface area contributed by atoms with E-state index in [-0.39, 0.29) is 17.6 Å². The molecule has 0 saturated carbocycles. The van der Waals surface area contributed by atoms with Crippen LogP contribution in [0.25, 0.3) is 12.2 Å². The van der Waals surface area contributed by atoms with Gasteiger partial charge in [0.15, 0.2) is 11.5 Å². The summed E-state index contributed by atoms with van der Waals surface area (Å²) in [4.78, 5) is 0.755. The fraction of sp³-hybridized carbons (Fsp3) is 0.167. The van der Waals surface area contributed by atoms with Crippen LogP contribution < -0.4 is 14.2 Å². The molecule has 1 aromatic carbocycles. The third kappa shape index (κ3) is 3.54. The monoisotopic (exact) mass is 482 g/mol. The van der Waals surface area contributed by atoms with Gasteiger partial charge in [-0.3, -0.25) is 0 Å². The Hall–Kier alpha value is -2.30. The Morgan fingerprint density at radius 3 is 2.68 bits per heavy atom. The van der Waals surface area contributed by atoms with E-state index in [0.717, 1.165) is 11.1 Å². The molecule has 1 aliphatic heterocycles. The average Bonchev–Trinajstić information content (AvgIpc) is 3.36. The minimum Gasteiger partial charge on any atom is -0.454 e. The SMILES string of the molecule is Cc1cc2c(cc1/C=C/c1sccc1S(=O)(=O)Nc1onc(C)c1Br)OCO2. The van der Waals surface area contributed by atoms with Gasteiger partial charge >= 0.3 is 0 Å². The lowest BCUT2D eigenvalue weighted by Crippen LogP contribution is -2.12. The van der Waals surface area contributed by atoms with Crippen LogP contribution in [0.15, 0.2) is 37.5 Å². The fourth-order valence-electron chi connectivity index (χ4n) is 2.66. The van der Waals surface area contributed by atoms with Crippen LogP contribution in [0.5, 0.6) is 11.5 Å². The standard InChI is InChI=1S/C18H15BrN2O5S2/c1-10-7-13-14(25-9-24-13)8-12(10)3-4-15-16(5-6-27-15)28(22,23)21-18-17(19)11(2)20-26-18/h3-8,21H,9H2,1-2H3/b4-3+. The second-order valence-electron chi connectivity index (χ2n) is 6.06. The van der Waals surface area contributed by atoms with Crippen LogP contribution >= 0.6 is 27.3 Å². The number of aromatic nitrogens is 1. The number of thiophene rings is 1. The van der Waals surface area contributed by atoms with Gasteiger partial charge in [0.2, 0.25) is 6.79 Å². The van der Waals surface area contributed by atoms with Crippen molar-refractivity contribution in [1.29, 1.82) is 0 Å². The normalized spacial score (nSPS) is 13.4. The van der Waals surface area contributed by atoms with Crippen molar-refractivity contribution in [2.24, 2.45) is 0 Å². The highest BCUT2D eigenvalue weighted by molar-refractivity contribution is 9.10. The number of rotatable bonds is 5. The van der Waals surface area contributed by atoms with Crippen LogP contribution in [0.3, 0.4) is 0 Å². The van der Waals surface area contributed by atoms with Crippen LogP contribution in [-0.4, -0.2) is 20.4 Å². The first-order chi connectivity index (χ1) is 13.3. The van der Waals surface area contributed by atoms with E-state index in [1.54, 1.807) is 24.4 Å². The summed E-state index contributed by atoms with van der Waals surface area (Å²) in [6.07, 6.45) is 3.63. The molecule has 1 aliphatic rings. The molecule has 4 rings (SSSR count). The summed E-state index contributed by atoms with van der Waals surface area (Å²) in [6, 6.07) is 5.33. The van der Waals surface area contributed by atoms with E-state index in [9.17, 15) is 8.42 Å². The van der Waals surface area contributed by atoms with Gasteiger partial charge in [-0.1, -0.05) is 11.2 Å². The van der Waals surface area contributed by atoms with E-state index in [1.807, 2.05) is 25.1 Å². The molecule has 2 aromatic heterocycles. The molecule has 0 aliphatic carbocycles. The molecular weight excluding hydrogens is 468 g/mol. The van der Waals surface area contributed by atoms with E-state index in [1.165, 1.54) is 11.3 Å². The first kappa shape index (κ1) is 19.0. The minimum atomic E-state index is -3.83. The number of halogens is 1. The predicted octanol–water partition coefficient (Wildman–Crippen LogP) is 4.82. The van der Waals surface area contributed by atoms with Crippen molar-refractivity contribution < 1.29 is 22.4 Å². The van der Waals surface area contributed by atoms with Crippen molar-refractivity contribution in [2.75, 3.05) is 11.5 Å². The molecule has 0 unspecified atom stereocenters. The molecule has 146 valence electrons. The van der Waals surface area contributed by atoms with E-state index >= 15 is 0 Å². The Balaban J connectivity index is 1.62. The first-order valence-electron chi connectivity index (χ1n) is 8.15. The number of nitrogens with one attached hydrogen (secondary N) is 1. The molecule has 10 heteroatoms. The highest BCUT2D eigenvalue weighted by Crippen LogP contribution is 2.36. The van der Waals surface area contributed by atoms with Gasteiger partial charge < -0.3 is 14.0 Å². The molecule has 1 N–H and O–H groups in total. The number of sulfonamides is 1. The molecule has 3 aromatic rings. The van der Waals surface area contributed by atoms with Gasteiger partial charge in [-0.15, -0.1) is 11.3 Å². The third-order valence-corrected chi connectivity index (χ3v) is 7.47. The quantitative estimate of drug-likeness (QED) is 0.560. The first-order valence-corrected chi connectivity index (χ1v) is 11.3. The van der Waals surface area contributed by atoms with Crippen molar-refractivity contribution in [2.45, 2.75) is 18.7 Å². The molecule has 28 heavy (non-hydrogen) atoms. The Bertz CT molecular complexity index is 1180. The number of benzene rings is 1. The number of anilines is 1. The average molecular weight is 483 g/mol. The van der Waals surface area contributed by atoms with Gasteiger partial charge in [-0.05, 0) is 70.6 Å². The maximum absolute atomic E-state index is 12.8. The van der Waals surface area contributed by atoms with Crippen molar-refractivity contribution in [1.82, 2.24) is 5.16 Å². The Labute approximate surface area is 174 Å². The molecule has 0 radical (unpaired) electrons. The maximum atomic E-state index is 12.8. The lowest BCUT2D eigenvalue weighted by Gasteiger charge is -2.05. The maximum Gasteiger partial charge on any atom is 0.265 e. The molecule has 7 nitrogen and oxygen atoms in total. The molecule has 0 fully saturated rings. The van der Waals surface area contributed by atoms with Gasteiger partial charge in [0.25, 0.3) is 15.9 Å². The molecule has 0 atom stereocenters. The van der Waals surface area contributed by atoms with E-state index in [0.29, 0.717) is 26.5 Å². The number of aryl methyl sites for hydroxylation is 2. The summed E-state index contributed by atoms with van der Waals surface area (Å²) >= 11 is 4.59. The van der Waals surface area contributed by atoms with E-state index < -0.39 is 10.0 Å². The number of nitrogens with zero attached hydrogens (tertiary/aromatic N) is 1. The molecule has 0 saturated heterocycles. The molecule has 3 heterocycles. The van der Waals surface area contributed by atoms with Crippen molar-refractivity contribution >= 4 is 55.3 Å². The Morgan fingerprint density at radius 1 is 1.21 bits per heavy atom. The van der Waals surface area contributed by atoms with Crippen molar-refractivity contribution in [3.8, 4) is 11.5 Å². The van der Waals surface area contributed by atoms with Crippen LogP contribution in [0.1, 0.15) is 21.7 Å². The molecule has 0 bridgehead atoms. The Kier molecular flexibility index (Phi) is 4.94. The summed E-state index contributed by atoms with van der Waals surface area (Å²) in [5.41, 5.74) is 2.48. The third-order valence-electron chi connectivity index (χ3n) is 4.14. The summed E-state index contributed by atoms with van der Waals surface area (Å²) in [7, 11) is -3.83. The second kappa shape index (κ2) is 7.26. The van der Waals surface area contributed by atoms with Crippen molar-refractivity contribution in [3.05, 3.63) is 49.7 Å². The highest BCUT2D eigenvalue weighted by atomic mass is 79.9. The van der Waals surface area contributed by atoms with Gasteiger partial charge in [0, 0.05) is 4.88 Å². The van der Waals surface area contributed by atoms with Crippen LogP contribution in [0.4, 0.5) is 5.88 Å². The fourth-order valence-corrected chi connectivity index (χ4v) is 5.35. The zero-order valence-electron chi connectivity index (χ0n) is 14.9.